The highest BCUT2D eigenvalue weighted by atomic mass is 32.1. The average molecular weight is 263 g/mol. The Morgan fingerprint density at radius 2 is 2.28 bits per heavy atom. The van der Waals surface area contributed by atoms with Crippen molar-refractivity contribution in [2.24, 2.45) is 0 Å². The van der Waals surface area contributed by atoms with Crippen molar-refractivity contribution in [3.8, 4) is 0 Å². The van der Waals surface area contributed by atoms with E-state index in [1.165, 1.54) is 0 Å². The molecule has 94 valence electrons. The number of carbonyl (C=O) groups is 1. The van der Waals surface area contributed by atoms with E-state index >= 15 is 0 Å². The number of hydrogen-bond acceptors (Lipinski definition) is 3. The molecule has 6 heteroatoms. The van der Waals surface area contributed by atoms with Crippen molar-refractivity contribution in [3.05, 3.63) is 23.8 Å². The van der Waals surface area contributed by atoms with E-state index in [1.54, 1.807) is 18.2 Å². The molecule has 18 heavy (non-hydrogen) atoms. The minimum Gasteiger partial charge on any atom is -0.478 e. The molecule has 0 aromatic heterocycles. The predicted molar refractivity (Wildman–Crippen MR) is 73.1 cm³/mol. The standard InChI is InChI=1S/C12H13N3O2S/c1-6-4-10-14-8-3-2-7(11(16)17)5-9(8)15(10)12(18)13-6/h2-3,5-6,10,14H,4H2,1H3,(H,13,18)(H,16,17). The van der Waals surface area contributed by atoms with Crippen LogP contribution in [0.3, 0.4) is 0 Å². The van der Waals surface area contributed by atoms with Crippen LogP contribution in [0.5, 0.6) is 0 Å². The van der Waals surface area contributed by atoms with Crippen LogP contribution in [0.2, 0.25) is 0 Å². The molecule has 2 aliphatic rings. The summed E-state index contributed by atoms with van der Waals surface area (Å²) in [5, 5.41) is 16.3. The molecule has 1 aromatic carbocycles. The van der Waals surface area contributed by atoms with Crippen LogP contribution < -0.4 is 15.5 Å². The number of aromatic carboxylic acids is 1. The maximum Gasteiger partial charge on any atom is 0.335 e. The predicted octanol–water partition coefficient (Wildman–Crippen LogP) is 1.61. The summed E-state index contributed by atoms with van der Waals surface area (Å²) >= 11 is 5.33. The zero-order valence-corrected chi connectivity index (χ0v) is 10.6. The third-order valence-electron chi connectivity index (χ3n) is 3.30. The molecular weight excluding hydrogens is 250 g/mol. The van der Waals surface area contributed by atoms with Gasteiger partial charge >= 0.3 is 5.97 Å². The first-order valence-electron chi connectivity index (χ1n) is 5.80. The van der Waals surface area contributed by atoms with Crippen molar-refractivity contribution >= 4 is 34.7 Å². The number of benzene rings is 1. The van der Waals surface area contributed by atoms with E-state index in [0.717, 1.165) is 17.8 Å². The fourth-order valence-electron chi connectivity index (χ4n) is 2.49. The number of nitrogens with one attached hydrogen (secondary N) is 2. The normalized spacial score (nSPS) is 24.9. The van der Waals surface area contributed by atoms with E-state index in [-0.39, 0.29) is 11.7 Å². The van der Waals surface area contributed by atoms with Crippen LogP contribution in [-0.2, 0) is 0 Å². The van der Waals surface area contributed by atoms with Crippen LogP contribution in [0.15, 0.2) is 18.2 Å². The first-order chi connectivity index (χ1) is 8.56. The maximum atomic E-state index is 11.0. The van der Waals surface area contributed by atoms with Gasteiger partial charge in [0.2, 0.25) is 0 Å². The van der Waals surface area contributed by atoms with Crippen molar-refractivity contribution < 1.29 is 9.90 Å². The molecule has 1 fully saturated rings. The highest BCUT2D eigenvalue weighted by Gasteiger charge is 2.36. The molecule has 0 bridgehead atoms. The Hall–Kier alpha value is -1.82. The second kappa shape index (κ2) is 3.84. The van der Waals surface area contributed by atoms with Gasteiger partial charge in [-0.05, 0) is 37.3 Å². The van der Waals surface area contributed by atoms with E-state index in [0.29, 0.717) is 11.2 Å². The molecule has 0 spiro atoms. The Kier molecular flexibility index (Phi) is 2.41. The van der Waals surface area contributed by atoms with Gasteiger partial charge in [-0.25, -0.2) is 4.79 Å². The molecule has 0 amide bonds. The molecule has 2 heterocycles. The van der Waals surface area contributed by atoms with Crippen LogP contribution in [0.25, 0.3) is 0 Å². The minimum absolute atomic E-state index is 0.118. The summed E-state index contributed by atoms with van der Waals surface area (Å²) in [6.45, 7) is 2.08. The average Bonchev–Trinajstić information content (AvgIpc) is 2.65. The van der Waals surface area contributed by atoms with E-state index in [4.69, 9.17) is 17.3 Å². The zero-order valence-electron chi connectivity index (χ0n) is 9.80. The molecule has 1 aromatic rings. The number of fused-ring (bicyclic) bond motifs is 3. The number of carboxylic acids is 1. The third kappa shape index (κ3) is 1.60. The summed E-state index contributed by atoms with van der Waals surface area (Å²) in [6, 6.07) is 5.38. The molecule has 5 nitrogen and oxygen atoms in total. The number of anilines is 2. The highest BCUT2D eigenvalue weighted by molar-refractivity contribution is 7.80. The lowest BCUT2D eigenvalue weighted by molar-refractivity contribution is 0.0697. The summed E-state index contributed by atoms with van der Waals surface area (Å²) < 4.78 is 0. The van der Waals surface area contributed by atoms with Gasteiger partial charge in [-0.2, -0.15) is 0 Å². The molecule has 0 aliphatic carbocycles. The molecular formula is C12H13N3O2S. The zero-order chi connectivity index (χ0) is 12.9. The Balaban J connectivity index is 2.03. The summed E-state index contributed by atoms with van der Waals surface area (Å²) in [7, 11) is 0. The van der Waals surface area contributed by atoms with E-state index in [9.17, 15) is 4.79 Å². The third-order valence-corrected chi connectivity index (χ3v) is 3.62. The van der Waals surface area contributed by atoms with Gasteiger partial charge in [-0.3, -0.25) is 4.90 Å². The van der Waals surface area contributed by atoms with Gasteiger partial charge in [0.25, 0.3) is 0 Å². The summed E-state index contributed by atoms with van der Waals surface area (Å²) in [5.41, 5.74) is 2.05. The monoisotopic (exact) mass is 263 g/mol. The number of carboxylic acid groups (broad SMARTS) is 1. The van der Waals surface area contributed by atoms with Gasteiger partial charge in [0, 0.05) is 12.5 Å². The highest BCUT2D eigenvalue weighted by Crippen LogP contribution is 2.38. The fourth-order valence-corrected chi connectivity index (χ4v) is 2.91. The number of hydrogen-bond donors (Lipinski definition) is 3. The molecule has 2 atom stereocenters. The quantitative estimate of drug-likeness (QED) is 0.669. The molecule has 0 saturated carbocycles. The van der Waals surface area contributed by atoms with Gasteiger partial charge in [0.15, 0.2) is 5.11 Å². The number of rotatable bonds is 1. The van der Waals surface area contributed by atoms with E-state index in [2.05, 4.69) is 17.6 Å². The van der Waals surface area contributed by atoms with Crippen molar-refractivity contribution in [1.29, 1.82) is 0 Å². The van der Waals surface area contributed by atoms with Gasteiger partial charge in [0.05, 0.1) is 16.9 Å². The largest absolute Gasteiger partial charge is 0.478 e. The fraction of sp³-hybridized carbons (Fsp3) is 0.333. The lowest BCUT2D eigenvalue weighted by atomic mass is 10.1. The second-order valence-electron chi connectivity index (χ2n) is 4.65. The SMILES string of the molecule is CC1CC2Nc3ccc(C(=O)O)cc3N2C(=S)N1. The second-order valence-corrected chi connectivity index (χ2v) is 5.04. The van der Waals surface area contributed by atoms with E-state index in [1.807, 2.05) is 4.90 Å². The lowest BCUT2D eigenvalue weighted by Gasteiger charge is -2.36. The smallest absolute Gasteiger partial charge is 0.335 e. The van der Waals surface area contributed by atoms with Gasteiger partial charge in [-0.15, -0.1) is 0 Å². The molecule has 2 unspecified atom stereocenters. The first-order valence-corrected chi connectivity index (χ1v) is 6.20. The maximum absolute atomic E-state index is 11.0. The lowest BCUT2D eigenvalue weighted by Crippen LogP contribution is -2.56. The number of thiocarbonyl (C=S) groups is 1. The van der Waals surface area contributed by atoms with Crippen molar-refractivity contribution in [1.82, 2.24) is 5.32 Å². The van der Waals surface area contributed by atoms with Gasteiger partial charge in [0.1, 0.15) is 6.17 Å². The van der Waals surface area contributed by atoms with Gasteiger partial charge < -0.3 is 15.7 Å². The Morgan fingerprint density at radius 1 is 1.50 bits per heavy atom. The topological polar surface area (TPSA) is 64.6 Å². The molecule has 1 saturated heterocycles. The Labute approximate surface area is 110 Å². The van der Waals surface area contributed by atoms with Gasteiger partial charge in [-0.1, -0.05) is 0 Å². The number of nitrogens with zero attached hydrogens (tertiary/aromatic N) is 1. The van der Waals surface area contributed by atoms with Crippen LogP contribution in [0.1, 0.15) is 23.7 Å². The van der Waals surface area contributed by atoms with Crippen LogP contribution in [-0.4, -0.2) is 28.4 Å². The van der Waals surface area contributed by atoms with Crippen LogP contribution in [0, 0.1) is 0 Å². The molecule has 3 N–H and O–H groups in total. The Morgan fingerprint density at radius 3 is 3.00 bits per heavy atom. The first kappa shape index (κ1) is 11.3. The molecule has 0 radical (unpaired) electrons. The Bertz CT molecular complexity index is 546. The van der Waals surface area contributed by atoms with Crippen molar-refractivity contribution in [2.45, 2.75) is 25.6 Å². The summed E-state index contributed by atoms with van der Waals surface area (Å²) in [6.07, 6.45) is 1.03. The minimum atomic E-state index is -0.925. The van der Waals surface area contributed by atoms with Crippen molar-refractivity contribution in [3.63, 3.8) is 0 Å². The van der Waals surface area contributed by atoms with Crippen molar-refractivity contribution in [2.75, 3.05) is 10.2 Å². The van der Waals surface area contributed by atoms with E-state index < -0.39 is 5.97 Å². The summed E-state index contributed by atoms with van der Waals surface area (Å²) in [5.74, 6) is -0.925. The van der Waals surface area contributed by atoms with Crippen LogP contribution in [0.4, 0.5) is 11.4 Å². The van der Waals surface area contributed by atoms with Crippen LogP contribution >= 0.6 is 12.2 Å². The molecule has 3 rings (SSSR count). The molecule has 2 aliphatic heterocycles. The summed E-state index contributed by atoms with van der Waals surface area (Å²) in [4.78, 5) is 13.0.